The van der Waals surface area contributed by atoms with Gasteiger partial charge in [-0.05, 0) is 26.0 Å². The van der Waals surface area contributed by atoms with Crippen LogP contribution in [0.25, 0.3) is 0 Å². The van der Waals surface area contributed by atoms with E-state index in [9.17, 15) is 5.11 Å². The number of aliphatic hydroxyl groups is 1. The van der Waals surface area contributed by atoms with Crippen LogP contribution in [0.15, 0.2) is 24.3 Å². The SMILES string of the molecule is CC1(C)CN(CC(O)COc2ccccc2N)CCO1. The maximum absolute atomic E-state index is 10.1. The second kappa shape index (κ2) is 6.43. The molecule has 0 aliphatic carbocycles. The number of ether oxygens (including phenoxy) is 2. The minimum atomic E-state index is -0.538. The molecule has 1 aliphatic rings. The number of β-amino-alcohol motifs (C(OH)–C–C–N with tert-alkyl or cyclic N) is 1. The predicted molar refractivity (Wildman–Crippen MR) is 78.8 cm³/mol. The van der Waals surface area contributed by atoms with E-state index in [1.807, 2.05) is 12.1 Å². The number of rotatable bonds is 5. The van der Waals surface area contributed by atoms with Gasteiger partial charge in [0.1, 0.15) is 18.5 Å². The summed E-state index contributed by atoms with van der Waals surface area (Å²) in [7, 11) is 0. The normalized spacial score (nSPS) is 20.6. The van der Waals surface area contributed by atoms with Gasteiger partial charge in [0.25, 0.3) is 0 Å². The summed E-state index contributed by atoms with van der Waals surface area (Å²) in [6.45, 7) is 7.31. The van der Waals surface area contributed by atoms with Crippen LogP contribution in [0, 0.1) is 0 Å². The van der Waals surface area contributed by atoms with Crippen molar-refractivity contribution < 1.29 is 14.6 Å². The second-order valence-electron chi connectivity index (χ2n) is 5.85. The average molecular weight is 280 g/mol. The Labute approximate surface area is 120 Å². The fraction of sp³-hybridized carbons (Fsp3) is 0.600. The number of para-hydroxylation sites is 2. The largest absolute Gasteiger partial charge is 0.489 e. The summed E-state index contributed by atoms with van der Waals surface area (Å²) in [6.07, 6.45) is -0.538. The zero-order chi connectivity index (χ0) is 14.6. The number of hydrogen-bond acceptors (Lipinski definition) is 5. The minimum Gasteiger partial charge on any atom is -0.489 e. The topological polar surface area (TPSA) is 68.0 Å². The van der Waals surface area contributed by atoms with Crippen LogP contribution in [0.4, 0.5) is 5.69 Å². The van der Waals surface area contributed by atoms with Gasteiger partial charge < -0.3 is 20.3 Å². The summed E-state index contributed by atoms with van der Waals surface area (Å²) in [5.74, 6) is 0.619. The lowest BCUT2D eigenvalue weighted by Crippen LogP contribution is -2.50. The first-order valence-corrected chi connectivity index (χ1v) is 6.98. The lowest BCUT2D eigenvalue weighted by Gasteiger charge is -2.38. The molecule has 0 amide bonds. The molecule has 1 fully saturated rings. The monoisotopic (exact) mass is 280 g/mol. The number of benzene rings is 1. The van der Waals surface area contributed by atoms with Crippen LogP contribution >= 0.6 is 0 Å². The fourth-order valence-electron chi connectivity index (χ4n) is 2.42. The maximum Gasteiger partial charge on any atom is 0.142 e. The van der Waals surface area contributed by atoms with Crippen molar-refractivity contribution in [2.45, 2.75) is 25.6 Å². The summed E-state index contributed by atoms with van der Waals surface area (Å²) < 4.78 is 11.2. The molecule has 0 aromatic heterocycles. The van der Waals surface area contributed by atoms with Crippen molar-refractivity contribution in [3.8, 4) is 5.75 Å². The fourth-order valence-corrected chi connectivity index (χ4v) is 2.42. The molecule has 1 unspecified atom stereocenters. The molecule has 20 heavy (non-hydrogen) atoms. The Bertz CT molecular complexity index is 437. The quantitative estimate of drug-likeness (QED) is 0.791. The zero-order valence-corrected chi connectivity index (χ0v) is 12.2. The highest BCUT2D eigenvalue weighted by Gasteiger charge is 2.28. The number of hydrogen-bond donors (Lipinski definition) is 2. The molecule has 1 aromatic carbocycles. The molecule has 1 heterocycles. The van der Waals surface area contributed by atoms with E-state index in [4.69, 9.17) is 15.2 Å². The number of morpholine rings is 1. The lowest BCUT2D eigenvalue weighted by atomic mass is 10.1. The second-order valence-corrected chi connectivity index (χ2v) is 5.85. The van der Waals surface area contributed by atoms with Crippen LogP contribution in [-0.4, -0.2) is 54.6 Å². The molecule has 1 aromatic rings. The third kappa shape index (κ3) is 4.37. The average Bonchev–Trinajstić information content (AvgIpc) is 2.36. The molecule has 3 N–H and O–H groups in total. The summed E-state index contributed by atoms with van der Waals surface area (Å²) in [4.78, 5) is 2.20. The Hall–Kier alpha value is -1.30. The van der Waals surface area contributed by atoms with Gasteiger partial charge in [-0.25, -0.2) is 0 Å². The van der Waals surface area contributed by atoms with Gasteiger partial charge in [-0.1, -0.05) is 12.1 Å². The number of anilines is 1. The van der Waals surface area contributed by atoms with Crippen molar-refractivity contribution in [2.75, 3.05) is 38.6 Å². The van der Waals surface area contributed by atoms with Crippen LogP contribution in [0.2, 0.25) is 0 Å². The maximum atomic E-state index is 10.1. The molecule has 1 atom stereocenters. The standard InChI is InChI=1S/C15H24N2O3/c1-15(2)11-17(7-8-20-15)9-12(18)10-19-14-6-4-3-5-13(14)16/h3-6,12,18H,7-11,16H2,1-2H3. The molecule has 5 nitrogen and oxygen atoms in total. The Morgan fingerprint density at radius 1 is 1.45 bits per heavy atom. The van der Waals surface area contributed by atoms with Crippen LogP contribution in [0.3, 0.4) is 0 Å². The van der Waals surface area contributed by atoms with E-state index in [0.717, 1.165) is 13.1 Å². The summed E-state index contributed by atoms with van der Waals surface area (Å²) in [6, 6.07) is 7.31. The van der Waals surface area contributed by atoms with Crippen molar-refractivity contribution >= 4 is 5.69 Å². The molecule has 0 bridgehead atoms. The first kappa shape index (κ1) is 15.1. The highest BCUT2D eigenvalue weighted by molar-refractivity contribution is 5.51. The van der Waals surface area contributed by atoms with Crippen LogP contribution in [-0.2, 0) is 4.74 Å². The summed E-state index contributed by atoms with van der Waals surface area (Å²) in [5, 5.41) is 10.1. The van der Waals surface area contributed by atoms with Crippen molar-refractivity contribution in [2.24, 2.45) is 0 Å². The van der Waals surface area contributed by atoms with E-state index >= 15 is 0 Å². The number of nitrogens with two attached hydrogens (primary N) is 1. The molecule has 5 heteroatoms. The Morgan fingerprint density at radius 3 is 2.90 bits per heavy atom. The number of aliphatic hydroxyl groups excluding tert-OH is 1. The van der Waals surface area contributed by atoms with Gasteiger partial charge >= 0.3 is 0 Å². The third-order valence-corrected chi connectivity index (χ3v) is 3.32. The van der Waals surface area contributed by atoms with E-state index in [-0.39, 0.29) is 12.2 Å². The highest BCUT2D eigenvalue weighted by atomic mass is 16.5. The van der Waals surface area contributed by atoms with E-state index in [0.29, 0.717) is 24.6 Å². The molecule has 112 valence electrons. The van der Waals surface area contributed by atoms with Crippen molar-refractivity contribution in [1.29, 1.82) is 0 Å². The molecular formula is C15H24N2O3. The van der Waals surface area contributed by atoms with Crippen LogP contribution < -0.4 is 10.5 Å². The van der Waals surface area contributed by atoms with Crippen LogP contribution in [0.5, 0.6) is 5.75 Å². The summed E-state index contributed by atoms with van der Waals surface area (Å²) >= 11 is 0. The van der Waals surface area contributed by atoms with Gasteiger partial charge in [0, 0.05) is 19.6 Å². The van der Waals surface area contributed by atoms with Crippen LogP contribution in [0.1, 0.15) is 13.8 Å². The van der Waals surface area contributed by atoms with Crippen molar-refractivity contribution in [3.05, 3.63) is 24.3 Å². The van der Waals surface area contributed by atoms with Gasteiger partial charge in [0.15, 0.2) is 0 Å². The van der Waals surface area contributed by atoms with E-state index < -0.39 is 6.10 Å². The molecule has 0 radical (unpaired) electrons. The van der Waals surface area contributed by atoms with Gasteiger partial charge in [-0.3, -0.25) is 4.90 Å². The Balaban J connectivity index is 1.78. The molecule has 1 aliphatic heterocycles. The van der Waals surface area contributed by atoms with E-state index in [2.05, 4.69) is 18.7 Å². The van der Waals surface area contributed by atoms with Gasteiger partial charge in [0.2, 0.25) is 0 Å². The summed E-state index contributed by atoms with van der Waals surface area (Å²) in [5.41, 5.74) is 6.23. The lowest BCUT2D eigenvalue weighted by molar-refractivity contribution is -0.0947. The first-order chi connectivity index (χ1) is 9.46. The Morgan fingerprint density at radius 2 is 2.20 bits per heavy atom. The third-order valence-electron chi connectivity index (χ3n) is 3.32. The van der Waals surface area contributed by atoms with E-state index in [1.54, 1.807) is 12.1 Å². The minimum absolute atomic E-state index is 0.150. The van der Waals surface area contributed by atoms with Gasteiger partial charge in [0.05, 0.1) is 17.9 Å². The van der Waals surface area contributed by atoms with Gasteiger partial charge in [-0.15, -0.1) is 0 Å². The molecule has 1 saturated heterocycles. The number of nitrogens with zero attached hydrogens (tertiary/aromatic N) is 1. The predicted octanol–water partition coefficient (Wildman–Crippen LogP) is 1.12. The molecular weight excluding hydrogens is 256 g/mol. The Kier molecular flexibility index (Phi) is 4.86. The number of nitrogen functional groups attached to an aromatic ring is 1. The highest BCUT2D eigenvalue weighted by Crippen LogP contribution is 2.20. The first-order valence-electron chi connectivity index (χ1n) is 6.98. The van der Waals surface area contributed by atoms with E-state index in [1.165, 1.54) is 0 Å². The molecule has 0 saturated carbocycles. The molecule has 0 spiro atoms. The zero-order valence-electron chi connectivity index (χ0n) is 12.2. The smallest absolute Gasteiger partial charge is 0.142 e. The van der Waals surface area contributed by atoms with Crippen molar-refractivity contribution in [3.63, 3.8) is 0 Å². The van der Waals surface area contributed by atoms with Gasteiger partial charge in [-0.2, -0.15) is 0 Å². The van der Waals surface area contributed by atoms with Crippen molar-refractivity contribution in [1.82, 2.24) is 4.90 Å². The molecule has 2 rings (SSSR count).